The Morgan fingerprint density at radius 3 is 2.90 bits per heavy atom. The zero-order chi connectivity index (χ0) is 15.0. The molecule has 112 valence electrons. The first-order valence-corrected chi connectivity index (χ1v) is 7.75. The molecule has 0 aliphatic heterocycles. The third-order valence-corrected chi connectivity index (χ3v) is 3.99. The number of anilines is 1. The molecule has 3 rings (SSSR count). The predicted molar refractivity (Wildman–Crippen MR) is 83.5 cm³/mol. The zero-order valence-corrected chi connectivity index (χ0v) is 13.0. The van der Waals surface area contributed by atoms with Crippen LogP contribution in [-0.2, 0) is 4.79 Å². The Morgan fingerprint density at radius 2 is 2.29 bits per heavy atom. The number of rotatable bonds is 4. The molecule has 0 radical (unpaired) electrons. The van der Waals surface area contributed by atoms with Crippen LogP contribution >= 0.6 is 11.6 Å². The summed E-state index contributed by atoms with van der Waals surface area (Å²) in [6, 6.07) is 2.16. The number of hydrogen-bond acceptors (Lipinski definition) is 3. The van der Waals surface area contributed by atoms with Crippen molar-refractivity contribution in [1.82, 2.24) is 14.5 Å². The van der Waals surface area contributed by atoms with Gasteiger partial charge in [0, 0.05) is 18.7 Å². The van der Waals surface area contributed by atoms with Crippen LogP contribution < -0.4 is 5.32 Å². The number of carbonyl (C=O) groups is 1. The van der Waals surface area contributed by atoms with E-state index in [2.05, 4.69) is 15.3 Å². The van der Waals surface area contributed by atoms with E-state index in [9.17, 15) is 4.79 Å². The minimum absolute atomic E-state index is 0.00743. The highest BCUT2D eigenvalue weighted by Crippen LogP contribution is 2.36. The van der Waals surface area contributed by atoms with E-state index in [1.54, 1.807) is 12.3 Å². The molecule has 0 saturated heterocycles. The van der Waals surface area contributed by atoms with Gasteiger partial charge in [0.05, 0.1) is 5.02 Å². The molecule has 6 heteroatoms. The molecule has 1 aliphatic carbocycles. The average molecular weight is 307 g/mol. The van der Waals surface area contributed by atoms with Gasteiger partial charge in [-0.2, -0.15) is 0 Å². The molecule has 5 nitrogen and oxygen atoms in total. The first-order chi connectivity index (χ1) is 10.0. The highest BCUT2D eigenvalue weighted by molar-refractivity contribution is 6.31. The van der Waals surface area contributed by atoms with Crippen molar-refractivity contribution in [3.05, 3.63) is 17.3 Å². The summed E-state index contributed by atoms with van der Waals surface area (Å²) in [5.74, 6) is 0.904. The van der Waals surface area contributed by atoms with Crippen molar-refractivity contribution in [2.75, 3.05) is 5.32 Å². The Balaban J connectivity index is 1.97. The van der Waals surface area contributed by atoms with Crippen molar-refractivity contribution in [2.24, 2.45) is 5.92 Å². The number of hydrogen-bond donors (Lipinski definition) is 1. The molecule has 21 heavy (non-hydrogen) atoms. The minimum Gasteiger partial charge on any atom is -0.296 e. The number of carbonyl (C=O) groups excluding carboxylic acids is 1. The van der Waals surface area contributed by atoms with Gasteiger partial charge in [0.15, 0.2) is 5.65 Å². The highest BCUT2D eigenvalue weighted by Gasteiger charge is 2.26. The third kappa shape index (κ3) is 2.88. The monoisotopic (exact) mass is 306 g/mol. The van der Waals surface area contributed by atoms with E-state index in [4.69, 9.17) is 11.6 Å². The third-order valence-electron chi connectivity index (χ3n) is 3.78. The Labute approximate surface area is 128 Å². The van der Waals surface area contributed by atoms with E-state index in [1.807, 2.05) is 18.4 Å². The summed E-state index contributed by atoms with van der Waals surface area (Å²) in [5.41, 5.74) is 1.53. The Kier molecular flexibility index (Phi) is 3.85. The van der Waals surface area contributed by atoms with Gasteiger partial charge in [-0.05, 0) is 31.2 Å². The van der Waals surface area contributed by atoms with Gasteiger partial charge < -0.3 is 0 Å². The maximum Gasteiger partial charge on any atom is 0.226 e. The zero-order valence-electron chi connectivity index (χ0n) is 12.3. The number of nitrogens with one attached hydrogen (secondary N) is 1. The molecule has 2 aromatic heterocycles. The number of nitrogens with zero attached hydrogens (tertiary/aromatic N) is 3. The number of aromatic nitrogens is 3. The summed E-state index contributed by atoms with van der Waals surface area (Å²) < 4.78 is 2.05. The van der Waals surface area contributed by atoms with Gasteiger partial charge in [-0.25, -0.2) is 9.97 Å². The van der Waals surface area contributed by atoms with Gasteiger partial charge in [0.25, 0.3) is 0 Å². The van der Waals surface area contributed by atoms with Crippen molar-refractivity contribution in [1.29, 1.82) is 0 Å². The first kappa shape index (κ1) is 14.3. The number of halogens is 1. The van der Waals surface area contributed by atoms with E-state index < -0.39 is 0 Å². The summed E-state index contributed by atoms with van der Waals surface area (Å²) >= 11 is 5.98. The summed E-state index contributed by atoms with van der Waals surface area (Å²) in [6.45, 7) is 4.05. The van der Waals surface area contributed by atoms with Crippen molar-refractivity contribution in [2.45, 2.75) is 45.6 Å². The summed E-state index contributed by atoms with van der Waals surface area (Å²) in [6.07, 6.45) is 5.52. The molecule has 1 aliphatic rings. The Morgan fingerprint density at radius 1 is 1.52 bits per heavy atom. The van der Waals surface area contributed by atoms with E-state index >= 15 is 0 Å². The van der Waals surface area contributed by atoms with Crippen LogP contribution in [0.5, 0.6) is 0 Å². The molecule has 0 spiro atoms. The van der Waals surface area contributed by atoms with Gasteiger partial charge >= 0.3 is 0 Å². The maximum atomic E-state index is 12.0. The van der Waals surface area contributed by atoms with Gasteiger partial charge in [0.1, 0.15) is 5.52 Å². The van der Waals surface area contributed by atoms with E-state index in [0.29, 0.717) is 29.4 Å². The summed E-state index contributed by atoms with van der Waals surface area (Å²) in [4.78, 5) is 20.9. The Hall–Kier alpha value is -1.62. The molecule has 1 amide bonds. The van der Waals surface area contributed by atoms with Crippen LogP contribution in [0.1, 0.15) is 45.6 Å². The van der Waals surface area contributed by atoms with Gasteiger partial charge in [-0.3, -0.25) is 14.7 Å². The number of amides is 1. The van der Waals surface area contributed by atoms with Crippen molar-refractivity contribution < 1.29 is 4.79 Å². The second kappa shape index (κ2) is 5.64. The molecular weight excluding hydrogens is 288 g/mol. The molecule has 1 fully saturated rings. The summed E-state index contributed by atoms with van der Waals surface area (Å²) in [7, 11) is 0. The molecule has 0 atom stereocenters. The molecule has 0 aromatic carbocycles. The lowest BCUT2D eigenvalue weighted by Crippen LogP contribution is -2.22. The average Bonchev–Trinajstić information content (AvgIpc) is 2.63. The first-order valence-electron chi connectivity index (χ1n) is 7.38. The van der Waals surface area contributed by atoms with E-state index in [1.165, 1.54) is 6.42 Å². The largest absolute Gasteiger partial charge is 0.296 e. The molecule has 1 N–H and O–H groups in total. The Bertz CT molecular complexity index is 676. The molecule has 0 unspecified atom stereocenters. The van der Waals surface area contributed by atoms with Crippen molar-refractivity contribution in [3.63, 3.8) is 0 Å². The fourth-order valence-electron chi connectivity index (χ4n) is 2.58. The molecule has 0 bridgehead atoms. The smallest absolute Gasteiger partial charge is 0.226 e. The lowest BCUT2D eigenvalue weighted by atomic mass is 9.93. The predicted octanol–water partition coefficient (Wildman–Crippen LogP) is 3.79. The van der Waals surface area contributed by atoms with E-state index in [-0.39, 0.29) is 5.91 Å². The van der Waals surface area contributed by atoms with Crippen LogP contribution in [0.3, 0.4) is 0 Å². The minimum atomic E-state index is -0.00743. The fraction of sp³-hybridized carbons (Fsp3) is 0.533. The van der Waals surface area contributed by atoms with Gasteiger partial charge in [-0.1, -0.05) is 25.4 Å². The van der Waals surface area contributed by atoms with Crippen molar-refractivity contribution in [3.8, 4) is 0 Å². The van der Waals surface area contributed by atoms with Crippen LogP contribution in [0.4, 0.5) is 5.95 Å². The van der Waals surface area contributed by atoms with Crippen LogP contribution in [0.15, 0.2) is 12.3 Å². The highest BCUT2D eigenvalue weighted by atomic mass is 35.5. The normalized spacial score (nSPS) is 15.4. The lowest BCUT2D eigenvalue weighted by Gasteiger charge is -2.28. The van der Waals surface area contributed by atoms with Crippen LogP contribution in [-0.4, -0.2) is 20.4 Å². The van der Waals surface area contributed by atoms with Crippen LogP contribution in [0.25, 0.3) is 11.2 Å². The molecule has 2 heterocycles. The topological polar surface area (TPSA) is 59.8 Å². The SMILES string of the molecule is CC(C)CC(=O)Nc1nc2cc(Cl)cnc2n1C1CCC1. The van der Waals surface area contributed by atoms with E-state index in [0.717, 1.165) is 24.0 Å². The maximum absolute atomic E-state index is 12.0. The fourth-order valence-corrected chi connectivity index (χ4v) is 2.74. The number of pyridine rings is 1. The molecule has 1 saturated carbocycles. The van der Waals surface area contributed by atoms with Crippen LogP contribution in [0.2, 0.25) is 5.02 Å². The van der Waals surface area contributed by atoms with Crippen molar-refractivity contribution >= 4 is 34.6 Å². The second-order valence-electron chi connectivity index (χ2n) is 6.03. The quantitative estimate of drug-likeness (QED) is 0.934. The van der Waals surface area contributed by atoms with Crippen LogP contribution in [0, 0.1) is 5.92 Å². The molecule has 2 aromatic rings. The van der Waals surface area contributed by atoms with Gasteiger partial charge in [-0.15, -0.1) is 0 Å². The lowest BCUT2D eigenvalue weighted by molar-refractivity contribution is -0.116. The number of imidazole rings is 1. The molecular formula is C15H19ClN4O. The number of fused-ring (bicyclic) bond motifs is 1. The standard InChI is InChI=1S/C15H19ClN4O/c1-9(2)6-13(21)19-15-18-12-7-10(16)8-17-14(12)20(15)11-4-3-5-11/h7-9,11H,3-6H2,1-2H3,(H,18,19,21). The second-order valence-corrected chi connectivity index (χ2v) is 6.47. The summed E-state index contributed by atoms with van der Waals surface area (Å²) in [5, 5.41) is 3.49. The van der Waals surface area contributed by atoms with Gasteiger partial charge in [0.2, 0.25) is 11.9 Å².